The van der Waals surface area contributed by atoms with E-state index in [1.165, 1.54) is 12.2 Å². The summed E-state index contributed by atoms with van der Waals surface area (Å²) < 4.78 is 23.8. The molecule has 0 nitrogen and oxygen atoms in total. The molecule has 8 heavy (non-hydrogen) atoms. The summed E-state index contributed by atoms with van der Waals surface area (Å²) >= 11 is -3.71. The molecule has 0 spiro atoms. The van der Waals surface area contributed by atoms with E-state index in [1.807, 2.05) is 0 Å². The zero-order valence-electron chi connectivity index (χ0n) is 4.07. The van der Waals surface area contributed by atoms with Crippen LogP contribution in [0.3, 0.4) is 0 Å². The monoisotopic (exact) mass is 176 g/mol. The van der Waals surface area contributed by atoms with Crippen molar-refractivity contribution in [3.8, 4) is 0 Å². The molecule has 0 bridgehead atoms. The van der Waals surface area contributed by atoms with Gasteiger partial charge in [-0.25, -0.2) is 0 Å². The molecule has 0 aromatic carbocycles. The molecule has 0 aliphatic heterocycles. The minimum absolute atomic E-state index is 0.269. The second kappa shape index (κ2) is 2.35. The normalized spacial score (nSPS) is 15.5. The summed E-state index contributed by atoms with van der Waals surface area (Å²) in [6, 6.07) is 0. The molecule has 1 aliphatic rings. The number of allylic oxidation sites excluding steroid dienone is 4. The van der Waals surface area contributed by atoms with Crippen LogP contribution in [0.5, 0.6) is 0 Å². The van der Waals surface area contributed by atoms with Crippen LogP contribution < -0.4 is 0 Å². The first-order valence-corrected chi connectivity index (χ1v) is 4.84. The Balaban J connectivity index is 2.90. The fraction of sp³-hybridized carbons (Fsp3) is 0. The van der Waals surface area contributed by atoms with Crippen molar-refractivity contribution in [1.82, 2.24) is 0 Å². The summed E-state index contributed by atoms with van der Waals surface area (Å²) in [6.07, 6.45) is 6.24. The zero-order valence-corrected chi connectivity index (χ0v) is 6.16. The maximum atomic E-state index is 11.8. The van der Waals surface area contributed by atoms with Gasteiger partial charge in [0, 0.05) is 0 Å². The molecule has 0 atom stereocenters. The molecule has 0 N–H and O–H groups in total. The molecular formula is C5H4F2Ge. The van der Waals surface area contributed by atoms with Crippen molar-refractivity contribution in [2.45, 2.75) is 0 Å². The van der Waals surface area contributed by atoms with Crippen molar-refractivity contribution >= 4 is 19.2 Å². The van der Waals surface area contributed by atoms with Gasteiger partial charge < -0.3 is 0 Å². The van der Waals surface area contributed by atoms with Gasteiger partial charge in [0.05, 0.1) is 0 Å². The van der Waals surface area contributed by atoms with Gasteiger partial charge in [-0.3, -0.25) is 0 Å². The predicted octanol–water partition coefficient (Wildman–Crippen LogP) is 1.29. The number of halogens is 2. The van der Waals surface area contributed by atoms with Gasteiger partial charge in [0.25, 0.3) is 0 Å². The molecule has 42 valence electrons. The first-order chi connectivity index (χ1) is 3.80. The van der Waals surface area contributed by atoms with E-state index >= 15 is 0 Å². The standard InChI is InChI=1S/C5H4F2Ge/c6-8(7)5-3-1-2-4-5/h1-4H. The van der Waals surface area contributed by atoms with Crippen LogP contribution in [-0.4, -0.2) is 19.2 Å². The van der Waals surface area contributed by atoms with Crippen LogP contribution in [0.4, 0.5) is 7.00 Å². The van der Waals surface area contributed by atoms with Gasteiger partial charge in [0.1, 0.15) is 0 Å². The van der Waals surface area contributed by atoms with E-state index in [2.05, 4.69) is 0 Å². The van der Waals surface area contributed by atoms with Crippen molar-refractivity contribution in [3.05, 3.63) is 24.3 Å². The van der Waals surface area contributed by atoms with Gasteiger partial charge in [0.2, 0.25) is 0 Å². The molecule has 0 radical (unpaired) electrons. The van der Waals surface area contributed by atoms with Crippen LogP contribution in [-0.2, 0) is 0 Å². The van der Waals surface area contributed by atoms with Gasteiger partial charge in [-0.1, -0.05) is 0 Å². The Morgan fingerprint density at radius 1 is 1.12 bits per heavy atom. The molecule has 0 unspecified atom stereocenters. The Morgan fingerprint density at radius 2 is 1.62 bits per heavy atom. The molecule has 0 saturated heterocycles. The molecule has 0 saturated carbocycles. The molecule has 0 aromatic rings. The maximum absolute atomic E-state index is 11.8. The summed E-state index contributed by atoms with van der Waals surface area (Å²) in [5, 5.41) is 0. The van der Waals surface area contributed by atoms with E-state index < -0.39 is 14.8 Å². The van der Waals surface area contributed by atoms with E-state index in [4.69, 9.17) is 0 Å². The third kappa shape index (κ3) is 1.12. The van der Waals surface area contributed by atoms with Crippen molar-refractivity contribution < 1.29 is 7.00 Å². The summed E-state index contributed by atoms with van der Waals surface area (Å²) in [4.78, 5) is 0. The predicted molar refractivity (Wildman–Crippen MR) is 31.3 cm³/mol. The van der Waals surface area contributed by atoms with Crippen LogP contribution in [0.25, 0.3) is 0 Å². The average molecular weight is 175 g/mol. The summed E-state index contributed by atoms with van der Waals surface area (Å²) in [5.41, 5.74) is 0. The minimum atomic E-state index is -3.71. The second-order valence-corrected chi connectivity index (χ2v) is 3.74. The average Bonchev–Trinajstić information content (AvgIpc) is 2.12. The topological polar surface area (TPSA) is 0 Å². The molecule has 1 rings (SSSR count). The Morgan fingerprint density at radius 3 is 1.88 bits per heavy atom. The zero-order chi connectivity index (χ0) is 5.98. The van der Waals surface area contributed by atoms with E-state index in [0.29, 0.717) is 0 Å². The fourth-order valence-electron chi connectivity index (χ4n) is 0.500. The SMILES string of the molecule is [F][Ge]([F])=[C]1C=CC=C1. The van der Waals surface area contributed by atoms with Gasteiger partial charge in [0.15, 0.2) is 0 Å². The van der Waals surface area contributed by atoms with E-state index in [0.717, 1.165) is 0 Å². The van der Waals surface area contributed by atoms with E-state index in [-0.39, 0.29) is 4.35 Å². The fourth-order valence-corrected chi connectivity index (χ4v) is 1.43. The van der Waals surface area contributed by atoms with E-state index in [1.54, 1.807) is 12.2 Å². The van der Waals surface area contributed by atoms with Crippen molar-refractivity contribution in [2.75, 3.05) is 0 Å². The molecule has 3 heteroatoms. The second-order valence-electron chi connectivity index (χ2n) is 1.43. The Labute approximate surface area is 51.1 Å². The quantitative estimate of drug-likeness (QED) is 0.486. The Hall–Kier alpha value is -0.247. The third-order valence-corrected chi connectivity index (χ3v) is 2.50. The number of hydrogen-bond donors (Lipinski definition) is 0. The van der Waals surface area contributed by atoms with Crippen LogP contribution in [0.1, 0.15) is 0 Å². The number of rotatable bonds is 0. The number of hydrogen-bond acceptors (Lipinski definition) is 0. The van der Waals surface area contributed by atoms with Crippen molar-refractivity contribution in [1.29, 1.82) is 0 Å². The van der Waals surface area contributed by atoms with Gasteiger partial charge in [-0.05, 0) is 0 Å². The summed E-state index contributed by atoms with van der Waals surface area (Å²) in [7, 11) is 0. The Bertz CT molecular complexity index is 161. The molecule has 1 aliphatic carbocycles. The van der Waals surface area contributed by atoms with Crippen LogP contribution in [0.2, 0.25) is 0 Å². The van der Waals surface area contributed by atoms with Crippen LogP contribution in [0, 0.1) is 0 Å². The molecule has 0 aromatic heterocycles. The van der Waals surface area contributed by atoms with Gasteiger partial charge in [-0.2, -0.15) is 0 Å². The van der Waals surface area contributed by atoms with Crippen LogP contribution >= 0.6 is 0 Å². The molecular weight excluding hydrogens is 171 g/mol. The third-order valence-electron chi connectivity index (χ3n) is 0.881. The molecule has 0 heterocycles. The Kier molecular flexibility index (Phi) is 1.73. The first-order valence-electron chi connectivity index (χ1n) is 2.21. The molecule has 0 amide bonds. The first kappa shape index (κ1) is 5.88. The summed E-state index contributed by atoms with van der Waals surface area (Å²) in [5.74, 6) is 0. The van der Waals surface area contributed by atoms with E-state index in [9.17, 15) is 7.00 Å². The van der Waals surface area contributed by atoms with Crippen LogP contribution in [0.15, 0.2) is 24.3 Å². The van der Waals surface area contributed by atoms with Crippen molar-refractivity contribution in [2.24, 2.45) is 0 Å². The summed E-state index contributed by atoms with van der Waals surface area (Å²) in [6.45, 7) is 0. The molecule has 0 fully saturated rings. The van der Waals surface area contributed by atoms with Crippen molar-refractivity contribution in [3.63, 3.8) is 0 Å². The van der Waals surface area contributed by atoms with Gasteiger partial charge in [-0.15, -0.1) is 0 Å². The van der Waals surface area contributed by atoms with Gasteiger partial charge >= 0.3 is 50.5 Å².